The maximum absolute atomic E-state index is 13.0. The third-order valence-corrected chi connectivity index (χ3v) is 4.28. The van der Waals surface area contributed by atoms with Crippen LogP contribution in [-0.2, 0) is 24.1 Å². The minimum atomic E-state index is -4.56. The van der Waals surface area contributed by atoms with Crippen molar-refractivity contribution in [2.75, 3.05) is 0 Å². The highest BCUT2D eigenvalue weighted by molar-refractivity contribution is 9.10. The lowest BCUT2D eigenvalue weighted by Gasteiger charge is -2.07. The number of aromatic nitrogens is 2. The molecule has 1 N–H and O–H groups in total. The maximum Gasteiger partial charge on any atom is 0.436 e. The second-order valence-electron chi connectivity index (χ2n) is 5.33. The number of nitrogens with one attached hydrogen (secondary N) is 1. The summed E-state index contributed by atoms with van der Waals surface area (Å²) < 4.78 is 45.1. The minimum Gasteiger partial charge on any atom is -0.467 e. The first-order valence-electron chi connectivity index (χ1n) is 6.98. The van der Waals surface area contributed by atoms with Crippen molar-refractivity contribution in [1.29, 1.82) is 0 Å². The molecule has 1 fully saturated rings. The average Bonchev–Trinajstić information content (AvgIpc) is 3.04. The number of rotatable bonds is 5. The molecule has 0 saturated heterocycles. The van der Waals surface area contributed by atoms with Crippen LogP contribution in [0.1, 0.15) is 35.9 Å². The molecule has 0 aliphatic heterocycles. The molecule has 0 unspecified atom stereocenters. The zero-order valence-electron chi connectivity index (χ0n) is 11.9. The highest BCUT2D eigenvalue weighted by atomic mass is 79.9. The number of hydrogen-bond donors (Lipinski definition) is 1. The highest BCUT2D eigenvalue weighted by Gasteiger charge is 2.41. The average molecular weight is 392 g/mol. The Morgan fingerprint density at radius 2 is 2.22 bits per heavy atom. The first kappa shape index (κ1) is 16.1. The first-order valence-corrected chi connectivity index (χ1v) is 7.78. The van der Waals surface area contributed by atoms with Crippen molar-refractivity contribution in [3.05, 3.63) is 40.0 Å². The van der Waals surface area contributed by atoms with E-state index in [4.69, 9.17) is 4.42 Å². The molecule has 0 radical (unpaired) electrons. The highest BCUT2D eigenvalue weighted by Crippen LogP contribution is 2.46. The second-order valence-corrected chi connectivity index (χ2v) is 6.13. The number of carbonyl (C=O) groups excluding carboxylic acids is 1. The van der Waals surface area contributed by atoms with Crippen molar-refractivity contribution in [3.63, 3.8) is 0 Å². The van der Waals surface area contributed by atoms with Crippen LogP contribution in [0.15, 0.2) is 27.3 Å². The summed E-state index contributed by atoms with van der Waals surface area (Å²) in [5, 5.41) is 6.19. The number of furan rings is 1. The van der Waals surface area contributed by atoms with Crippen LogP contribution in [0.5, 0.6) is 0 Å². The molecule has 2 aromatic heterocycles. The quantitative estimate of drug-likeness (QED) is 0.848. The van der Waals surface area contributed by atoms with Crippen LogP contribution in [-0.4, -0.2) is 15.7 Å². The summed E-state index contributed by atoms with van der Waals surface area (Å²) in [7, 11) is 0. The molecule has 0 spiro atoms. The zero-order chi connectivity index (χ0) is 16.6. The van der Waals surface area contributed by atoms with Gasteiger partial charge in [-0.25, -0.2) is 0 Å². The number of halogens is 4. The van der Waals surface area contributed by atoms with E-state index in [0.29, 0.717) is 11.5 Å². The van der Waals surface area contributed by atoms with Crippen LogP contribution in [0.4, 0.5) is 13.2 Å². The second kappa shape index (κ2) is 6.03. The lowest BCUT2D eigenvalue weighted by Crippen LogP contribution is -2.28. The van der Waals surface area contributed by atoms with Crippen LogP contribution in [0.25, 0.3) is 0 Å². The van der Waals surface area contributed by atoms with Crippen molar-refractivity contribution in [2.45, 2.75) is 38.0 Å². The largest absolute Gasteiger partial charge is 0.467 e. The van der Waals surface area contributed by atoms with Gasteiger partial charge in [0.25, 0.3) is 0 Å². The van der Waals surface area contributed by atoms with E-state index in [1.54, 1.807) is 12.1 Å². The van der Waals surface area contributed by atoms with Crippen LogP contribution >= 0.6 is 15.9 Å². The van der Waals surface area contributed by atoms with Crippen molar-refractivity contribution < 1.29 is 22.4 Å². The van der Waals surface area contributed by atoms with Crippen LogP contribution in [0, 0.1) is 0 Å². The van der Waals surface area contributed by atoms with Crippen molar-refractivity contribution in [1.82, 2.24) is 15.1 Å². The Bertz CT molecular complexity index is 706. The zero-order valence-corrected chi connectivity index (χ0v) is 13.4. The predicted octanol–water partition coefficient (Wildman–Crippen LogP) is 3.45. The summed E-state index contributed by atoms with van der Waals surface area (Å²) in [6.07, 6.45) is -1.48. The monoisotopic (exact) mass is 391 g/mol. The smallest absolute Gasteiger partial charge is 0.436 e. The van der Waals surface area contributed by atoms with E-state index in [9.17, 15) is 18.0 Å². The van der Waals surface area contributed by atoms with Crippen molar-refractivity contribution in [3.8, 4) is 0 Å². The molecule has 1 amide bonds. The molecule has 9 heteroatoms. The molecule has 1 aliphatic rings. The van der Waals surface area contributed by atoms with E-state index in [0.717, 1.165) is 17.5 Å². The Morgan fingerprint density at radius 1 is 1.48 bits per heavy atom. The fourth-order valence-corrected chi connectivity index (χ4v) is 3.12. The van der Waals surface area contributed by atoms with E-state index in [2.05, 4.69) is 26.3 Å². The fourth-order valence-electron chi connectivity index (χ4n) is 2.29. The van der Waals surface area contributed by atoms with Crippen LogP contribution in [0.3, 0.4) is 0 Å². The van der Waals surface area contributed by atoms with E-state index < -0.39 is 17.8 Å². The standard InChI is InChI=1S/C14H13BrF3N3O2/c15-11-12(8-3-4-8)21(20-13(11)14(16,17)18)7-10(22)19-6-9-2-1-5-23-9/h1-2,5,8H,3-4,6-7H2,(H,19,22). The molecule has 3 rings (SSSR count). The SMILES string of the molecule is O=C(Cn1nc(C(F)(F)F)c(Br)c1C1CC1)NCc1ccco1. The van der Waals surface area contributed by atoms with E-state index in [1.807, 2.05) is 0 Å². The van der Waals surface area contributed by atoms with Gasteiger partial charge >= 0.3 is 6.18 Å². The molecular weight excluding hydrogens is 379 g/mol. The summed E-state index contributed by atoms with van der Waals surface area (Å²) >= 11 is 2.99. The molecule has 0 atom stereocenters. The van der Waals surface area contributed by atoms with Gasteiger partial charge in [0.05, 0.1) is 23.0 Å². The van der Waals surface area contributed by atoms with Gasteiger partial charge in [-0.3, -0.25) is 9.48 Å². The van der Waals surface area contributed by atoms with Gasteiger partial charge in [0, 0.05) is 5.92 Å². The third kappa shape index (κ3) is 3.60. The Morgan fingerprint density at radius 3 is 2.78 bits per heavy atom. The molecule has 1 aliphatic carbocycles. The molecule has 1 saturated carbocycles. The van der Waals surface area contributed by atoms with Gasteiger partial charge in [0.2, 0.25) is 5.91 Å². The summed E-state index contributed by atoms with van der Waals surface area (Å²) in [4.78, 5) is 12.0. The molecule has 2 aromatic rings. The molecule has 2 heterocycles. The number of carbonyl (C=O) groups is 1. The Labute approximate surface area is 138 Å². The molecule has 0 aromatic carbocycles. The molecule has 124 valence electrons. The minimum absolute atomic E-state index is 0.0193. The molecule has 0 bridgehead atoms. The van der Waals surface area contributed by atoms with Crippen LogP contribution in [0.2, 0.25) is 0 Å². The molecule has 23 heavy (non-hydrogen) atoms. The number of nitrogens with zero attached hydrogens (tertiary/aromatic N) is 2. The predicted molar refractivity (Wildman–Crippen MR) is 77.5 cm³/mol. The summed E-state index contributed by atoms with van der Waals surface area (Å²) in [5.74, 6) is 0.163. The Kier molecular flexibility index (Phi) is 4.22. The van der Waals surface area contributed by atoms with Gasteiger partial charge in [-0.2, -0.15) is 18.3 Å². The van der Waals surface area contributed by atoms with Crippen molar-refractivity contribution >= 4 is 21.8 Å². The van der Waals surface area contributed by atoms with Gasteiger partial charge in [-0.05, 0) is 40.9 Å². The molecular formula is C14H13BrF3N3O2. The number of amides is 1. The molecule has 5 nitrogen and oxygen atoms in total. The summed E-state index contributed by atoms with van der Waals surface area (Å²) in [6, 6.07) is 3.38. The van der Waals surface area contributed by atoms with E-state index in [1.165, 1.54) is 6.26 Å². The van der Waals surface area contributed by atoms with E-state index >= 15 is 0 Å². The van der Waals surface area contributed by atoms with Crippen molar-refractivity contribution in [2.24, 2.45) is 0 Å². The normalized spacial score (nSPS) is 15.0. The lowest BCUT2D eigenvalue weighted by atomic mass is 10.2. The van der Waals surface area contributed by atoms with Gasteiger partial charge in [-0.1, -0.05) is 0 Å². The topological polar surface area (TPSA) is 60.1 Å². The van der Waals surface area contributed by atoms with E-state index in [-0.39, 0.29) is 23.5 Å². The maximum atomic E-state index is 13.0. The van der Waals surface area contributed by atoms with Crippen LogP contribution < -0.4 is 5.32 Å². The summed E-state index contributed by atoms with van der Waals surface area (Å²) in [6.45, 7) is -0.0830. The summed E-state index contributed by atoms with van der Waals surface area (Å²) in [5.41, 5.74) is -0.552. The number of hydrogen-bond acceptors (Lipinski definition) is 3. The Balaban J connectivity index is 1.75. The fraction of sp³-hybridized carbons (Fsp3) is 0.429. The van der Waals surface area contributed by atoms with Gasteiger partial charge in [0.15, 0.2) is 5.69 Å². The lowest BCUT2D eigenvalue weighted by molar-refractivity contribution is -0.142. The van der Waals surface area contributed by atoms with Gasteiger partial charge in [-0.15, -0.1) is 0 Å². The van der Waals surface area contributed by atoms with Gasteiger partial charge in [0.1, 0.15) is 12.3 Å². The third-order valence-electron chi connectivity index (χ3n) is 3.50. The van der Waals surface area contributed by atoms with Gasteiger partial charge < -0.3 is 9.73 Å². The number of alkyl halides is 3. The first-order chi connectivity index (χ1) is 10.9. The Hall–Kier alpha value is -1.77.